The van der Waals surface area contributed by atoms with E-state index in [1.165, 1.54) is 32.1 Å². The first-order valence-electron chi connectivity index (χ1n) is 11.9. The molecule has 1 spiro atoms. The van der Waals surface area contributed by atoms with E-state index in [1.54, 1.807) is 5.57 Å². The first kappa shape index (κ1) is 22.0. The average molecular weight is 413 g/mol. The van der Waals surface area contributed by atoms with E-state index in [0.717, 1.165) is 24.0 Å². The minimum atomic E-state index is -0.626. The number of fused-ring (bicyclic) bond motifs is 2. The van der Waals surface area contributed by atoms with Crippen LogP contribution in [0.5, 0.6) is 0 Å². The first-order chi connectivity index (χ1) is 14.1. The summed E-state index contributed by atoms with van der Waals surface area (Å²) in [5.41, 5.74) is 3.52. The molecule has 0 radical (unpaired) electrons. The van der Waals surface area contributed by atoms with E-state index in [4.69, 9.17) is 0 Å². The van der Waals surface area contributed by atoms with Gasteiger partial charge in [-0.15, -0.1) is 0 Å². The van der Waals surface area contributed by atoms with Crippen molar-refractivity contribution in [2.75, 3.05) is 0 Å². The zero-order chi connectivity index (χ0) is 21.7. The molecule has 0 bridgehead atoms. The Hall–Kier alpha value is -1.16. The van der Waals surface area contributed by atoms with Crippen molar-refractivity contribution in [2.24, 2.45) is 22.7 Å². The van der Waals surface area contributed by atoms with E-state index >= 15 is 0 Å². The molecule has 0 heterocycles. The van der Waals surface area contributed by atoms with Crippen LogP contribution in [0.4, 0.5) is 0 Å². The summed E-state index contributed by atoms with van der Waals surface area (Å²) in [6.45, 7) is 10.3. The molecule has 4 aliphatic carbocycles. The fourth-order valence-corrected chi connectivity index (χ4v) is 6.92. The third-order valence-electron chi connectivity index (χ3n) is 8.78. The monoisotopic (exact) mass is 412 g/mol. The number of aliphatic hydroxyl groups is 3. The second-order valence-electron chi connectivity index (χ2n) is 11.3. The van der Waals surface area contributed by atoms with Gasteiger partial charge in [0.1, 0.15) is 0 Å². The zero-order valence-electron chi connectivity index (χ0n) is 19.0. The maximum absolute atomic E-state index is 10.1. The van der Waals surface area contributed by atoms with Crippen LogP contribution in [-0.4, -0.2) is 33.1 Å². The molecule has 4 aliphatic rings. The number of allylic oxidation sites excluding steroid dienone is 4. The van der Waals surface area contributed by atoms with Crippen LogP contribution in [0.1, 0.15) is 78.6 Å². The van der Waals surface area contributed by atoms with Crippen molar-refractivity contribution in [1.29, 1.82) is 0 Å². The summed E-state index contributed by atoms with van der Waals surface area (Å²) in [7, 11) is 0. The summed E-state index contributed by atoms with van der Waals surface area (Å²) in [6, 6.07) is 0. The number of rotatable bonds is 4. The van der Waals surface area contributed by atoms with Crippen LogP contribution in [0.15, 0.2) is 47.6 Å². The molecule has 166 valence electrons. The lowest BCUT2D eigenvalue weighted by Gasteiger charge is -2.43. The van der Waals surface area contributed by atoms with Crippen LogP contribution >= 0.6 is 0 Å². The normalized spacial score (nSPS) is 44.4. The standard InChI is InChI=1S/C27H40O3/c1-18-20(15-22(28)16-24(18)29)10-9-19-7-5-13-26(4)23(19)11-14-27(26)17-21(27)8-6-12-25(2,3)30/h6,8-10,21-24,28-30H,1,5,7,11-17H2,2-4H3/b8-6+,19-9+,20-10-/t21-,22-,23+,24+,26+,27+/m1/s1. The second-order valence-corrected chi connectivity index (χ2v) is 11.3. The number of aliphatic hydroxyl groups excluding tert-OH is 2. The quantitative estimate of drug-likeness (QED) is 0.554. The van der Waals surface area contributed by atoms with Crippen LogP contribution in [0.25, 0.3) is 0 Å². The molecule has 0 saturated heterocycles. The zero-order valence-corrected chi connectivity index (χ0v) is 19.0. The van der Waals surface area contributed by atoms with E-state index in [2.05, 4.69) is 37.8 Å². The summed E-state index contributed by atoms with van der Waals surface area (Å²) in [5.74, 6) is 1.30. The van der Waals surface area contributed by atoms with Crippen LogP contribution in [-0.2, 0) is 0 Å². The average Bonchev–Trinajstić information content (AvgIpc) is 3.27. The minimum Gasteiger partial charge on any atom is -0.393 e. The van der Waals surface area contributed by atoms with Crippen LogP contribution in [0.2, 0.25) is 0 Å². The summed E-state index contributed by atoms with van der Waals surface area (Å²) in [5, 5.41) is 30.2. The molecular weight excluding hydrogens is 372 g/mol. The van der Waals surface area contributed by atoms with Gasteiger partial charge >= 0.3 is 0 Å². The Labute approximate surface area is 182 Å². The Balaban J connectivity index is 1.50. The van der Waals surface area contributed by atoms with Gasteiger partial charge < -0.3 is 15.3 Å². The third-order valence-corrected chi connectivity index (χ3v) is 8.78. The van der Waals surface area contributed by atoms with Gasteiger partial charge in [0.25, 0.3) is 0 Å². The number of hydrogen-bond donors (Lipinski definition) is 3. The van der Waals surface area contributed by atoms with Crippen molar-refractivity contribution in [3.63, 3.8) is 0 Å². The Morgan fingerprint density at radius 1 is 1.20 bits per heavy atom. The fourth-order valence-electron chi connectivity index (χ4n) is 6.92. The van der Waals surface area contributed by atoms with Crippen molar-refractivity contribution in [1.82, 2.24) is 0 Å². The Bertz CT molecular complexity index is 782. The van der Waals surface area contributed by atoms with E-state index in [-0.39, 0.29) is 0 Å². The highest BCUT2D eigenvalue weighted by molar-refractivity contribution is 5.39. The molecule has 0 aromatic rings. The van der Waals surface area contributed by atoms with Crippen LogP contribution < -0.4 is 0 Å². The largest absolute Gasteiger partial charge is 0.393 e. The maximum atomic E-state index is 10.1. The predicted octanol–water partition coefficient (Wildman–Crippen LogP) is 5.23. The first-order valence-corrected chi connectivity index (χ1v) is 11.9. The molecular formula is C27H40O3. The van der Waals surface area contributed by atoms with E-state index in [0.29, 0.717) is 35.5 Å². The van der Waals surface area contributed by atoms with Gasteiger partial charge in [0.2, 0.25) is 0 Å². The van der Waals surface area contributed by atoms with E-state index in [1.807, 2.05) is 13.8 Å². The Kier molecular flexibility index (Phi) is 5.70. The molecule has 4 fully saturated rings. The SMILES string of the molecule is C=C1/C(=C\C=C2/CCC[C@@]3(C)[C@H]2CC[C@@]32C[C@H]2/C=C/CC(C)(C)O)C[C@@H](O)C[C@@H]1O. The van der Waals surface area contributed by atoms with Gasteiger partial charge in [0, 0.05) is 6.42 Å². The molecule has 3 heteroatoms. The fraction of sp³-hybridized carbons (Fsp3) is 0.704. The van der Waals surface area contributed by atoms with Gasteiger partial charge in [0.15, 0.2) is 0 Å². The molecule has 4 rings (SSSR count). The van der Waals surface area contributed by atoms with Gasteiger partial charge in [0.05, 0.1) is 17.8 Å². The highest BCUT2D eigenvalue weighted by atomic mass is 16.3. The Morgan fingerprint density at radius 2 is 1.97 bits per heavy atom. The highest BCUT2D eigenvalue weighted by Crippen LogP contribution is 2.77. The summed E-state index contributed by atoms with van der Waals surface area (Å²) in [6.07, 6.45) is 17.3. The van der Waals surface area contributed by atoms with Gasteiger partial charge in [-0.1, -0.05) is 43.4 Å². The van der Waals surface area contributed by atoms with E-state index in [9.17, 15) is 15.3 Å². The molecule has 0 aromatic carbocycles. The third kappa shape index (κ3) is 3.89. The van der Waals surface area contributed by atoms with Crippen molar-refractivity contribution < 1.29 is 15.3 Å². The molecule has 3 N–H and O–H groups in total. The van der Waals surface area contributed by atoms with E-state index < -0.39 is 17.8 Å². The Morgan fingerprint density at radius 3 is 2.70 bits per heavy atom. The summed E-state index contributed by atoms with van der Waals surface area (Å²) >= 11 is 0. The molecule has 4 saturated carbocycles. The molecule has 0 aliphatic heterocycles. The van der Waals surface area contributed by atoms with Crippen LogP contribution in [0, 0.1) is 22.7 Å². The van der Waals surface area contributed by atoms with Crippen molar-refractivity contribution in [3.8, 4) is 0 Å². The predicted molar refractivity (Wildman–Crippen MR) is 122 cm³/mol. The summed E-state index contributed by atoms with van der Waals surface area (Å²) < 4.78 is 0. The second kappa shape index (κ2) is 7.76. The van der Waals surface area contributed by atoms with Gasteiger partial charge in [-0.05, 0) is 99.0 Å². The molecule has 0 unspecified atom stereocenters. The van der Waals surface area contributed by atoms with Crippen molar-refractivity contribution in [2.45, 2.75) is 96.4 Å². The molecule has 0 aromatic heterocycles. The lowest BCUT2D eigenvalue weighted by Crippen LogP contribution is -2.35. The summed E-state index contributed by atoms with van der Waals surface area (Å²) in [4.78, 5) is 0. The topological polar surface area (TPSA) is 60.7 Å². The van der Waals surface area contributed by atoms with Crippen molar-refractivity contribution >= 4 is 0 Å². The highest BCUT2D eigenvalue weighted by Gasteiger charge is 2.68. The minimum absolute atomic E-state index is 0.363. The molecule has 30 heavy (non-hydrogen) atoms. The maximum Gasteiger partial charge on any atom is 0.0811 e. The number of hydrogen-bond acceptors (Lipinski definition) is 3. The molecule has 0 amide bonds. The van der Waals surface area contributed by atoms with Gasteiger partial charge in [-0.25, -0.2) is 0 Å². The smallest absolute Gasteiger partial charge is 0.0811 e. The molecule has 3 nitrogen and oxygen atoms in total. The lowest BCUT2D eigenvalue weighted by molar-refractivity contribution is 0.0834. The molecule has 6 atom stereocenters. The van der Waals surface area contributed by atoms with Gasteiger partial charge in [-0.3, -0.25) is 0 Å². The van der Waals surface area contributed by atoms with Crippen molar-refractivity contribution in [3.05, 3.63) is 47.6 Å². The van der Waals surface area contributed by atoms with Gasteiger partial charge in [-0.2, -0.15) is 0 Å². The van der Waals surface area contributed by atoms with Crippen LogP contribution in [0.3, 0.4) is 0 Å². The lowest BCUT2D eigenvalue weighted by atomic mass is 9.61.